The van der Waals surface area contributed by atoms with Crippen LogP contribution in [0.5, 0.6) is 5.75 Å². The van der Waals surface area contributed by atoms with Crippen LogP contribution in [0.4, 0.5) is 4.39 Å². The number of nitrogens with zero attached hydrogens (tertiary/aromatic N) is 2. The van der Waals surface area contributed by atoms with Crippen LogP contribution in [0, 0.1) is 5.82 Å². The van der Waals surface area contributed by atoms with Crippen molar-refractivity contribution in [2.75, 3.05) is 13.7 Å². The Morgan fingerprint density at radius 1 is 1.10 bits per heavy atom. The zero-order valence-electron chi connectivity index (χ0n) is 16.2. The number of aromatic nitrogens is 2. The van der Waals surface area contributed by atoms with Gasteiger partial charge in [0.05, 0.1) is 13.7 Å². The van der Waals surface area contributed by atoms with E-state index in [4.69, 9.17) is 14.3 Å². The molecule has 0 unspecified atom stereocenters. The van der Waals surface area contributed by atoms with Crippen molar-refractivity contribution in [1.29, 1.82) is 0 Å². The molecule has 0 aliphatic rings. The number of carbonyl (C=O) groups excluding carboxylic acids is 1. The first-order valence-corrected chi connectivity index (χ1v) is 9.39. The largest absolute Gasteiger partial charge is 0.497 e. The number of Topliss-reactive ketones (excluding diaryl/α,β-unsaturated/α-hetero) is 1. The van der Waals surface area contributed by atoms with Crippen molar-refractivity contribution in [3.8, 4) is 5.75 Å². The predicted octanol–water partition coefficient (Wildman–Crippen LogP) is 3.28. The van der Waals surface area contributed by atoms with Crippen LogP contribution in [0.15, 0.2) is 52.9 Å². The normalized spacial score (nSPS) is 12.0. The van der Waals surface area contributed by atoms with Gasteiger partial charge in [0.1, 0.15) is 17.3 Å². The lowest BCUT2D eigenvalue weighted by Gasteiger charge is -2.13. The maximum atomic E-state index is 13.1. The Kier molecular flexibility index (Phi) is 7.08. The first kappa shape index (κ1) is 20.7. The molecular formula is C22H23FN2O4. The molecule has 3 rings (SSSR count). The second-order valence-electron chi connectivity index (χ2n) is 6.80. The topological polar surface area (TPSA) is 85.5 Å². The van der Waals surface area contributed by atoms with Crippen LogP contribution in [0.3, 0.4) is 0 Å². The standard InChI is InChI=1S/C22H23FN2O4/c1-28-20-8-4-15(5-9-20)12-17(22-25-24-21(29-22)10-11-26)14-19(27)13-16-2-6-18(23)7-3-16/h2-9,17,26H,10-14H2,1H3/t17-/m1/s1. The monoisotopic (exact) mass is 398 g/mol. The summed E-state index contributed by atoms with van der Waals surface area (Å²) in [4.78, 5) is 12.7. The van der Waals surface area contributed by atoms with E-state index in [9.17, 15) is 9.18 Å². The summed E-state index contributed by atoms with van der Waals surface area (Å²) >= 11 is 0. The van der Waals surface area contributed by atoms with Crippen LogP contribution in [0.2, 0.25) is 0 Å². The predicted molar refractivity (Wildman–Crippen MR) is 104 cm³/mol. The molecule has 29 heavy (non-hydrogen) atoms. The number of aliphatic hydroxyl groups excluding tert-OH is 1. The summed E-state index contributed by atoms with van der Waals surface area (Å²) in [6.07, 6.45) is 1.23. The van der Waals surface area contributed by atoms with Crippen LogP contribution in [-0.4, -0.2) is 34.8 Å². The summed E-state index contributed by atoms with van der Waals surface area (Å²) in [5.74, 6) is 0.833. The molecule has 1 heterocycles. The molecule has 1 atom stereocenters. The molecule has 3 aromatic rings. The van der Waals surface area contributed by atoms with E-state index in [-0.39, 0.29) is 43.4 Å². The lowest BCUT2D eigenvalue weighted by atomic mass is 9.92. The summed E-state index contributed by atoms with van der Waals surface area (Å²) < 4.78 is 23.9. The highest BCUT2D eigenvalue weighted by Crippen LogP contribution is 2.26. The second kappa shape index (κ2) is 9.93. The molecule has 0 spiro atoms. The summed E-state index contributed by atoms with van der Waals surface area (Å²) in [5, 5.41) is 17.1. The number of benzene rings is 2. The Morgan fingerprint density at radius 3 is 2.45 bits per heavy atom. The molecule has 2 aromatic carbocycles. The molecule has 0 amide bonds. The molecule has 7 heteroatoms. The van der Waals surface area contributed by atoms with Gasteiger partial charge in [-0.1, -0.05) is 24.3 Å². The third kappa shape index (κ3) is 5.96. The average Bonchev–Trinajstić information content (AvgIpc) is 3.19. The van der Waals surface area contributed by atoms with Crippen molar-refractivity contribution < 1.29 is 23.4 Å². The van der Waals surface area contributed by atoms with Gasteiger partial charge in [-0.25, -0.2) is 4.39 Å². The molecule has 0 bridgehead atoms. The van der Waals surface area contributed by atoms with E-state index in [1.54, 1.807) is 19.2 Å². The SMILES string of the molecule is COc1ccc(C[C@H](CC(=O)Cc2ccc(F)cc2)c2nnc(CCO)o2)cc1. The number of methoxy groups -OCH3 is 1. The van der Waals surface area contributed by atoms with Gasteiger partial charge in [-0.2, -0.15) is 0 Å². The number of hydrogen-bond acceptors (Lipinski definition) is 6. The van der Waals surface area contributed by atoms with Gasteiger partial charge >= 0.3 is 0 Å². The van der Waals surface area contributed by atoms with Crippen molar-refractivity contribution in [1.82, 2.24) is 10.2 Å². The molecule has 1 aromatic heterocycles. The number of rotatable bonds is 10. The molecule has 0 aliphatic heterocycles. The van der Waals surface area contributed by atoms with Gasteiger partial charge in [-0.05, 0) is 41.8 Å². The van der Waals surface area contributed by atoms with Gasteiger partial charge in [0, 0.05) is 25.2 Å². The Balaban J connectivity index is 1.75. The quantitative estimate of drug-likeness (QED) is 0.564. The fourth-order valence-electron chi connectivity index (χ4n) is 3.10. The molecule has 0 aliphatic carbocycles. The molecule has 1 N–H and O–H groups in total. The summed E-state index contributed by atoms with van der Waals surface area (Å²) in [6.45, 7) is -0.0890. The Morgan fingerprint density at radius 2 is 1.79 bits per heavy atom. The Bertz CT molecular complexity index is 923. The summed E-state index contributed by atoms with van der Waals surface area (Å²) in [5.41, 5.74) is 1.76. The van der Waals surface area contributed by atoms with Crippen molar-refractivity contribution in [2.24, 2.45) is 0 Å². The minimum atomic E-state index is -0.333. The number of carbonyl (C=O) groups is 1. The van der Waals surface area contributed by atoms with Crippen LogP contribution < -0.4 is 4.74 Å². The fourth-order valence-corrected chi connectivity index (χ4v) is 3.10. The number of ether oxygens (including phenoxy) is 1. The van der Waals surface area contributed by atoms with Crippen LogP contribution in [0.25, 0.3) is 0 Å². The third-order valence-corrected chi connectivity index (χ3v) is 4.59. The van der Waals surface area contributed by atoms with E-state index in [1.807, 2.05) is 24.3 Å². The smallest absolute Gasteiger partial charge is 0.220 e. The van der Waals surface area contributed by atoms with E-state index in [1.165, 1.54) is 12.1 Å². The van der Waals surface area contributed by atoms with Gasteiger partial charge in [0.15, 0.2) is 0 Å². The lowest BCUT2D eigenvalue weighted by molar-refractivity contribution is -0.118. The zero-order valence-corrected chi connectivity index (χ0v) is 16.2. The number of halogens is 1. The fraction of sp³-hybridized carbons (Fsp3) is 0.318. The van der Waals surface area contributed by atoms with Gasteiger partial charge in [0.2, 0.25) is 11.8 Å². The van der Waals surface area contributed by atoms with E-state index >= 15 is 0 Å². The van der Waals surface area contributed by atoms with Crippen molar-refractivity contribution in [3.63, 3.8) is 0 Å². The minimum Gasteiger partial charge on any atom is -0.497 e. The van der Waals surface area contributed by atoms with E-state index < -0.39 is 0 Å². The maximum Gasteiger partial charge on any atom is 0.220 e. The van der Waals surface area contributed by atoms with Crippen LogP contribution in [0.1, 0.15) is 35.2 Å². The molecule has 0 saturated heterocycles. The highest BCUT2D eigenvalue weighted by Gasteiger charge is 2.23. The average molecular weight is 398 g/mol. The van der Waals surface area contributed by atoms with Gasteiger partial charge < -0.3 is 14.3 Å². The molecular weight excluding hydrogens is 375 g/mol. The Hall–Kier alpha value is -3.06. The van der Waals surface area contributed by atoms with Gasteiger partial charge in [-0.15, -0.1) is 10.2 Å². The van der Waals surface area contributed by atoms with Crippen molar-refractivity contribution >= 4 is 5.78 Å². The highest BCUT2D eigenvalue weighted by atomic mass is 19.1. The second-order valence-corrected chi connectivity index (χ2v) is 6.80. The molecule has 0 fully saturated rings. The van der Waals surface area contributed by atoms with Crippen LogP contribution >= 0.6 is 0 Å². The zero-order chi connectivity index (χ0) is 20.6. The minimum absolute atomic E-state index is 0.00275. The number of ketones is 1. The number of aliphatic hydroxyl groups is 1. The molecule has 0 radical (unpaired) electrons. The van der Waals surface area contributed by atoms with Gasteiger partial charge in [-0.3, -0.25) is 4.79 Å². The van der Waals surface area contributed by atoms with Crippen LogP contribution in [-0.2, 0) is 24.1 Å². The maximum absolute atomic E-state index is 13.1. The molecule has 0 saturated carbocycles. The van der Waals surface area contributed by atoms with E-state index in [0.717, 1.165) is 16.9 Å². The summed E-state index contributed by atoms with van der Waals surface area (Å²) in [6, 6.07) is 13.5. The highest BCUT2D eigenvalue weighted by molar-refractivity contribution is 5.81. The van der Waals surface area contributed by atoms with E-state index in [2.05, 4.69) is 10.2 Å². The van der Waals surface area contributed by atoms with Gasteiger partial charge in [0.25, 0.3) is 0 Å². The van der Waals surface area contributed by atoms with Crippen molar-refractivity contribution in [3.05, 3.63) is 77.3 Å². The number of hydrogen-bond donors (Lipinski definition) is 1. The molecule has 152 valence electrons. The van der Waals surface area contributed by atoms with E-state index in [0.29, 0.717) is 18.2 Å². The Labute approximate surface area is 168 Å². The lowest BCUT2D eigenvalue weighted by Crippen LogP contribution is -2.12. The van der Waals surface area contributed by atoms with Crippen molar-refractivity contribution in [2.45, 2.75) is 31.6 Å². The first-order chi connectivity index (χ1) is 14.1. The molecule has 6 nitrogen and oxygen atoms in total. The third-order valence-electron chi connectivity index (χ3n) is 4.59. The first-order valence-electron chi connectivity index (χ1n) is 9.39. The summed E-state index contributed by atoms with van der Waals surface area (Å²) in [7, 11) is 1.60.